The van der Waals surface area contributed by atoms with Crippen LogP contribution in [0.5, 0.6) is 0 Å². The molecule has 41 heavy (non-hydrogen) atoms. The number of carbonyl (C=O) groups is 3. The van der Waals surface area contributed by atoms with Crippen LogP contribution in [0.4, 0.5) is 0 Å². The van der Waals surface area contributed by atoms with Crippen molar-refractivity contribution in [1.29, 1.82) is 5.26 Å². The smallest absolute Gasteiger partial charge is 0.255 e. The summed E-state index contributed by atoms with van der Waals surface area (Å²) >= 11 is 0. The topological polar surface area (TPSA) is 90.6 Å². The molecule has 0 aromatic carbocycles. The maximum atomic E-state index is 14.7. The number of hydrogen-bond donors (Lipinski definition) is 0. The lowest BCUT2D eigenvalue weighted by molar-refractivity contribution is -0.175. The number of rotatable bonds is 1. The predicted molar refractivity (Wildman–Crippen MR) is 159 cm³/mol. The van der Waals surface area contributed by atoms with E-state index in [0.29, 0.717) is 0 Å². The molecule has 5 aliphatic carbocycles. The van der Waals surface area contributed by atoms with Crippen molar-refractivity contribution in [2.75, 3.05) is 0 Å². The van der Waals surface area contributed by atoms with Crippen LogP contribution in [0.2, 0.25) is 0 Å². The number of nitrogens with zero attached hydrogens (tertiary/aromatic N) is 3. The predicted octanol–water partition coefficient (Wildman–Crippen LogP) is 6.61. The second-order valence-corrected chi connectivity index (χ2v) is 16.8. The number of hydrogen-bond acceptors (Lipinski definition) is 5. The summed E-state index contributed by atoms with van der Waals surface area (Å²) in [5, 5.41) is 9.95. The Morgan fingerprint density at radius 1 is 0.927 bits per heavy atom. The summed E-state index contributed by atoms with van der Waals surface area (Å²) in [5.41, 5.74) is -1.53. The monoisotopic (exact) mass is 557 g/mol. The molecule has 6 rings (SSSR count). The van der Waals surface area contributed by atoms with Crippen molar-refractivity contribution in [3.8, 4) is 6.07 Å². The first-order valence-corrected chi connectivity index (χ1v) is 15.6. The number of nitriles is 1. The van der Waals surface area contributed by atoms with Crippen molar-refractivity contribution in [2.45, 2.75) is 118 Å². The molecule has 3 saturated carbocycles. The summed E-state index contributed by atoms with van der Waals surface area (Å²) in [6.45, 7) is 19.2. The van der Waals surface area contributed by atoms with Gasteiger partial charge in [-0.3, -0.25) is 24.3 Å². The highest BCUT2D eigenvalue weighted by atomic mass is 16.2. The number of carbonyl (C=O) groups excluding carboxylic acids is 3. The Morgan fingerprint density at radius 3 is 2.20 bits per heavy atom. The number of ketones is 2. The van der Waals surface area contributed by atoms with Crippen molar-refractivity contribution >= 4 is 23.8 Å². The zero-order chi connectivity index (χ0) is 30.2. The van der Waals surface area contributed by atoms with Gasteiger partial charge in [0, 0.05) is 16.7 Å². The zero-order valence-corrected chi connectivity index (χ0v) is 26.5. The van der Waals surface area contributed by atoms with Crippen molar-refractivity contribution < 1.29 is 14.4 Å². The van der Waals surface area contributed by atoms with Crippen LogP contribution in [0.15, 0.2) is 28.3 Å². The van der Waals surface area contributed by atoms with Crippen molar-refractivity contribution in [2.24, 2.45) is 49.8 Å². The van der Waals surface area contributed by atoms with Crippen LogP contribution in [-0.2, 0) is 14.4 Å². The van der Waals surface area contributed by atoms with Crippen molar-refractivity contribution in [1.82, 2.24) is 4.90 Å². The van der Waals surface area contributed by atoms with E-state index in [1.165, 1.54) is 0 Å². The molecular weight excluding hydrogens is 510 g/mol. The maximum Gasteiger partial charge on any atom is 0.255 e. The number of aliphatic imine (C=N–C) groups is 1. The third kappa shape index (κ3) is 3.35. The third-order valence-corrected chi connectivity index (χ3v) is 13.5. The summed E-state index contributed by atoms with van der Waals surface area (Å²) in [6, 6.07) is 2.20. The molecule has 0 aromatic rings. The number of fused-ring (bicyclic) bond motifs is 7. The Labute approximate surface area is 245 Å². The van der Waals surface area contributed by atoms with Gasteiger partial charge in [0.2, 0.25) is 0 Å². The molecule has 7 atom stereocenters. The Balaban J connectivity index is 1.52. The van der Waals surface area contributed by atoms with Crippen LogP contribution < -0.4 is 0 Å². The van der Waals surface area contributed by atoms with E-state index in [2.05, 4.69) is 45.7 Å². The minimum absolute atomic E-state index is 0.0313. The number of amides is 1. The van der Waals surface area contributed by atoms with Gasteiger partial charge in [-0.2, -0.15) is 5.26 Å². The minimum atomic E-state index is -0.772. The van der Waals surface area contributed by atoms with Crippen LogP contribution in [0.1, 0.15) is 107 Å². The van der Waals surface area contributed by atoms with Crippen LogP contribution in [0.25, 0.3) is 0 Å². The second kappa shape index (κ2) is 8.08. The first-order valence-electron chi connectivity index (χ1n) is 15.6. The highest BCUT2D eigenvalue weighted by Gasteiger charge is 2.71. The van der Waals surface area contributed by atoms with E-state index in [1.807, 2.05) is 44.7 Å². The van der Waals surface area contributed by atoms with E-state index in [4.69, 9.17) is 0 Å². The molecule has 1 aliphatic heterocycles. The largest absolute Gasteiger partial charge is 0.295 e. The van der Waals surface area contributed by atoms with E-state index in [9.17, 15) is 19.6 Å². The van der Waals surface area contributed by atoms with E-state index in [-0.39, 0.29) is 57.0 Å². The SMILES string of the molecule is CC1(C)CC[C@]2(N3C=NC(C)(C)C3=O)CC[C@]3(C)[C@H](C(=O)C=C4[C@@]5(C)C=C(C#N)C(=O)C(C)(C)[C@@H]5CC[C@]43C)[C@@H]2C1. The summed E-state index contributed by atoms with van der Waals surface area (Å²) in [5.74, 6) is 0.00297. The van der Waals surface area contributed by atoms with E-state index >= 15 is 0 Å². The molecule has 0 N–H and O–H groups in total. The average Bonchev–Trinajstić information content (AvgIpc) is 3.15. The minimum Gasteiger partial charge on any atom is -0.295 e. The fraction of sp³-hybridized carbons (Fsp3) is 0.743. The maximum absolute atomic E-state index is 14.7. The van der Waals surface area contributed by atoms with E-state index < -0.39 is 21.9 Å². The van der Waals surface area contributed by atoms with Gasteiger partial charge >= 0.3 is 0 Å². The Kier molecular flexibility index (Phi) is 5.63. The van der Waals surface area contributed by atoms with Gasteiger partial charge in [-0.15, -0.1) is 0 Å². The molecule has 0 aromatic heterocycles. The van der Waals surface area contributed by atoms with Gasteiger partial charge in [0.05, 0.1) is 17.5 Å². The van der Waals surface area contributed by atoms with Crippen molar-refractivity contribution in [3.63, 3.8) is 0 Å². The van der Waals surface area contributed by atoms with Gasteiger partial charge in [-0.05, 0) is 93.0 Å². The summed E-state index contributed by atoms with van der Waals surface area (Å²) in [4.78, 5) is 48.3. The molecule has 0 spiro atoms. The average molecular weight is 558 g/mol. The van der Waals surface area contributed by atoms with Gasteiger partial charge in [-0.25, -0.2) is 0 Å². The third-order valence-electron chi connectivity index (χ3n) is 13.5. The fourth-order valence-corrected chi connectivity index (χ4v) is 10.9. The molecule has 0 saturated heterocycles. The van der Waals surface area contributed by atoms with E-state index in [0.717, 1.165) is 50.5 Å². The lowest BCUT2D eigenvalue weighted by Gasteiger charge is -2.70. The number of Topliss-reactive ketones (excluding diaryl/α,β-unsaturated/α-hetero) is 1. The Hall–Kier alpha value is -2.55. The van der Waals surface area contributed by atoms with Gasteiger partial charge in [0.15, 0.2) is 11.6 Å². The highest BCUT2D eigenvalue weighted by molar-refractivity contribution is 6.05. The molecule has 6 aliphatic rings. The first kappa shape index (κ1) is 28.6. The fourth-order valence-electron chi connectivity index (χ4n) is 10.9. The van der Waals surface area contributed by atoms with Gasteiger partial charge in [0.25, 0.3) is 5.91 Å². The first-order chi connectivity index (χ1) is 18.8. The van der Waals surface area contributed by atoms with Crippen LogP contribution in [-0.4, -0.2) is 39.8 Å². The summed E-state index contributed by atoms with van der Waals surface area (Å²) < 4.78 is 0. The van der Waals surface area contributed by atoms with Crippen LogP contribution in [0.3, 0.4) is 0 Å². The van der Waals surface area contributed by atoms with Crippen LogP contribution >= 0.6 is 0 Å². The molecular formula is C35H47N3O3. The van der Waals surface area contributed by atoms with Gasteiger partial charge in [0.1, 0.15) is 11.6 Å². The van der Waals surface area contributed by atoms with Crippen molar-refractivity contribution in [3.05, 3.63) is 23.3 Å². The molecule has 1 heterocycles. The quantitative estimate of drug-likeness (QED) is 0.363. The Morgan fingerprint density at radius 2 is 1.59 bits per heavy atom. The molecule has 6 nitrogen and oxygen atoms in total. The standard InChI is InChI=1S/C35H47N3O3/c1-29(2)12-14-35(38-20-37-31(5,6)28(38)41)15-13-34(9)26(22(35)18-29)23(39)16-25-32(7)17-21(19-36)27(40)30(3,4)24(32)10-11-33(25,34)8/h16-17,20,22,24,26H,10-15,18H2,1-9H3/t22-,24-,26-,32-,33+,34+,35-/m0/s1. The highest BCUT2D eigenvalue weighted by Crippen LogP contribution is 2.74. The molecule has 0 unspecified atom stereocenters. The second-order valence-electron chi connectivity index (χ2n) is 16.8. The molecule has 1 amide bonds. The number of allylic oxidation sites excluding steroid dienone is 4. The molecule has 3 fully saturated rings. The summed E-state index contributed by atoms with van der Waals surface area (Å²) in [6.07, 6.45) is 11.9. The zero-order valence-electron chi connectivity index (χ0n) is 26.5. The normalized spacial score (nSPS) is 45.5. The molecule has 0 radical (unpaired) electrons. The molecule has 0 bridgehead atoms. The molecule has 6 heteroatoms. The summed E-state index contributed by atoms with van der Waals surface area (Å²) in [7, 11) is 0. The van der Waals surface area contributed by atoms with Gasteiger partial charge in [-0.1, -0.05) is 60.1 Å². The van der Waals surface area contributed by atoms with E-state index in [1.54, 1.807) is 6.34 Å². The van der Waals surface area contributed by atoms with Crippen LogP contribution in [0, 0.1) is 56.2 Å². The van der Waals surface area contributed by atoms with Gasteiger partial charge < -0.3 is 0 Å². The lowest BCUT2D eigenvalue weighted by Crippen LogP contribution is -2.70. The lowest BCUT2D eigenvalue weighted by atomic mass is 9.35. The molecule has 220 valence electrons. The Bertz CT molecular complexity index is 1410.